The van der Waals surface area contributed by atoms with Crippen molar-refractivity contribution in [1.82, 2.24) is 5.43 Å². The minimum absolute atomic E-state index is 0.0277. The number of nitrogens with one attached hydrogen (secondary N) is 2. The number of rotatable bonds is 9. The number of hydrogen-bond donors (Lipinski definition) is 2. The van der Waals surface area contributed by atoms with Crippen LogP contribution >= 0.6 is 11.8 Å². The van der Waals surface area contributed by atoms with Crippen LogP contribution in [0.25, 0.3) is 0 Å². The number of nitro benzene ring substituents is 1. The minimum Gasteiger partial charge on any atom is -0.322 e. The molecule has 0 aromatic heterocycles. The van der Waals surface area contributed by atoms with Crippen LogP contribution in [0.15, 0.2) is 84.0 Å². The van der Waals surface area contributed by atoms with Gasteiger partial charge in [-0.3, -0.25) is 19.7 Å². The van der Waals surface area contributed by atoms with Crippen LogP contribution in [-0.4, -0.2) is 28.2 Å². The Kier molecular flexibility index (Phi) is 8.31. The molecule has 33 heavy (non-hydrogen) atoms. The zero-order valence-corrected chi connectivity index (χ0v) is 18.7. The summed E-state index contributed by atoms with van der Waals surface area (Å²) in [6.07, 6.45) is 0. The van der Waals surface area contributed by atoms with Gasteiger partial charge in [0.2, 0.25) is 5.91 Å². The van der Waals surface area contributed by atoms with E-state index in [1.807, 2.05) is 12.1 Å². The molecule has 0 atom stereocenters. The third-order valence-electron chi connectivity index (χ3n) is 4.55. The number of thioether (sulfide) groups is 1. The van der Waals surface area contributed by atoms with E-state index in [2.05, 4.69) is 15.8 Å². The van der Waals surface area contributed by atoms with Crippen molar-refractivity contribution in [1.29, 1.82) is 0 Å². The molecule has 2 amide bonds. The summed E-state index contributed by atoms with van der Waals surface area (Å²) in [4.78, 5) is 34.8. The maximum Gasteiger partial charge on any atom is 0.269 e. The van der Waals surface area contributed by atoms with Gasteiger partial charge in [-0.1, -0.05) is 42.5 Å². The van der Waals surface area contributed by atoms with Crippen molar-refractivity contribution in [2.45, 2.75) is 12.7 Å². The van der Waals surface area contributed by atoms with Crippen LogP contribution in [0.1, 0.15) is 28.4 Å². The summed E-state index contributed by atoms with van der Waals surface area (Å²) < 4.78 is 0. The highest BCUT2D eigenvalue weighted by Crippen LogP contribution is 2.18. The molecule has 0 unspecified atom stereocenters. The summed E-state index contributed by atoms with van der Waals surface area (Å²) >= 11 is 1.34. The molecule has 3 rings (SSSR count). The van der Waals surface area contributed by atoms with Gasteiger partial charge in [-0.25, -0.2) is 5.43 Å². The zero-order chi connectivity index (χ0) is 23.6. The van der Waals surface area contributed by atoms with Gasteiger partial charge in [0.05, 0.1) is 16.4 Å². The number of nitrogens with zero attached hydrogens (tertiary/aromatic N) is 2. The Morgan fingerprint density at radius 1 is 0.970 bits per heavy atom. The molecule has 3 aromatic carbocycles. The van der Waals surface area contributed by atoms with E-state index in [-0.39, 0.29) is 23.3 Å². The summed E-state index contributed by atoms with van der Waals surface area (Å²) in [5, 5.41) is 17.8. The smallest absolute Gasteiger partial charge is 0.269 e. The lowest BCUT2D eigenvalue weighted by atomic mass is 10.1. The van der Waals surface area contributed by atoms with Crippen molar-refractivity contribution in [3.63, 3.8) is 0 Å². The average molecular weight is 463 g/mol. The van der Waals surface area contributed by atoms with E-state index in [0.29, 0.717) is 22.7 Å². The largest absolute Gasteiger partial charge is 0.322 e. The fourth-order valence-corrected chi connectivity index (χ4v) is 3.65. The molecule has 0 fully saturated rings. The molecule has 0 aliphatic rings. The number of nitro groups is 1. The van der Waals surface area contributed by atoms with Crippen LogP contribution in [0.4, 0.5) is 11.4 Å². The minimum atomic E-state index is -0.444. The molecule has 0 saturated heterocycles. The van der Waals surface area contributed by atoms with Crippen molar-refractivity contribution in [3.05, 3.63) is 106 Å². The number of hydrazone groups is 1. The number of benzene rings is 3. The van der Waals surface area contributed by atoms with Gasteiger partial charge in [-0.05, 0) is 42.3 Å². The highest BCUT2D eigenvalue weighted by molar-refractivity contribution is 7.99. The van der Waals surface area contributed by atoms with Gasteiger partial charge in [0.15, 0.2) is 0 Å². The third kappa shape index (κ3) is 7.29. The molecule has 2 N–H and O–H groups in total. The molecule has 9 heteroatoms. The molecule has 0 aliphatic heterocycles. The van der Waals surface area contributed by atoms with Gasteiger partial charge >= 0.3 is 0 Å². The van der Waals surface area contributed by atoms with Crippen LogP contribution in [0.3, 0.4) is 0 Å². The second kappa shape index (κ2) is 11.6. The molecule has 0 bridgehead atoms. The van der Waals surface area contributed by atoms with E-state index < -0.39 is 4.92 Å². The second-order valence-electron chi connectivity index (χ2n) is 7.05. The first-order valence-electron chi connectivity index (χ1n) is 10.0. The monoisotopic (exact) mass is 462 g/mol. The molecule has 168 valence electrons. The Balaban J connectivity index is 1.51. The number of carbonyl (C=O) groups excluding carboxylic acids is 2. The third-order valence-corrected chi connectivity index (χ3v) is 5.55. The van der Waals surface area contributed by atoms with Crippen molar-refractivity contribution in [3.8, 4) is 0 Å². The first-order valence-corrected chi connectivity index (χ1v) is 11.2. The highest BCUT2D eigenvalue weighted by Gasteiger charge is 2.08. The van der Waals surface area contributed by atoms with Crippen molar-refractivity contribution >= 4 is 40.7 Å². The molecule has 0 heterocycles. The number of non-ortho nitro benzene ring substituents is 1. The lowest BCUT2D eigenvalue weighted by molar-refractivity contribution is -0.384. The summed E-state index contributed by atoms with van der Waals surface area (Å²) in [6.45, 7) is 1.76. The van der Waals surface area contributed by atoms with E-state index >= 15 is 0 Å². The van der Waals surface area contributed by atoms with E-state index in [1.165, 1.54) is 23.9 Å². The fraction of sp³-hybridized carbons (Fsp3) is 0.125. The molecular weight excluding hydrogens is 440 g/mol. The number of carbonyl (C=O) groups is 2. The SMILES string of the molecule is C/C(=N/NC(=O)CSCc1cccc([N+](=O)[O-])c1)c1cccc(NC(=O)c2ccccc2)c1. The molecule has 0 aliphatic carbocycles. The Morgan fingerprint density at radius 3 is 2.45 bits per heavy atom. The van der Waals surface area contributed by atoms with Gasteiger partial charge in [0.1, 0.15) is 0 Å². The summed E-state index contributed by atoms with van der Waals surface area (Å²) in [5.41, 5.74) is 5.84. The van der Waals surface area contributed by atoms with Crippen LogP contribution < -0.4 is 10.7 Å². The van der Waals surface area contributed by atoms with Crippen molar-refractivity contribution in [2.24, 2.45) is 5.10 Å². The van der Waals surface area contributed by atoms with Crippen molar-refractivity contribution < 1.29 is 14.5 Å². The zero-order valence-electron chi connectivity index (χ0n) is 17.9. The van der Waals surface area contributed by atoms with E-state index in [9.17, 15) is 19.7 Å². The number of anilines is 1. The van der Waals surface area contributed by atoms with E-state index in [1.54, 1.807) is 61.5 Å². The fourth-order valence-electron chi connectivity index (χ4n) is 2.88. The summed E-state index contributed by atoms with van der Waals surface area (Å²) in [6, 6.07) is 22.4. The normalized spacial score (nSPS) is 11.0. The molecule has 0 radical (unpaired) electrons. The lowest BCUT2D eigenvalue weighted by Gasteiger charge is -2.08. The number of amides is 2. The Bertz CT molecular complexity index is 1180. The van der Waals surface area contributed by atoms with Gasteiger partial charge in [0, 0.05) is 29.1 Å². The predicted molar refractivity (Wildman–Crippen MR) is 130 cm³/mol. The average Bonchev–Trinajstić information content (AvgIpc) is 2.83. The molecule has 3 aromatic rings. The lowest BCUT2D eigenvalue weighted by Crippen LogP contribution is -2.21. The van der Waals surface area contributed by atoms with Gasteiger partial charge < -0.3 is 5.32 Å². The number of hydrogen-bond acceptors (Lipinski definition) is 6. The second-order valence-corrected chi connectivity index (χ2v) is 8.04. The predicted octanol–water partition coefficient (Wildman–Crippen LogP) is 4.62. The van der Waals surface area contributed by atoms with E-state index in [4.69, 9.17) is 0 Å². The topological polar surface area (TPSA) is 114 Å². The maximum atomic E-state index is 12.3. The quantitative estimate of drug-likeness (QED) is 0.274. The molecular formula is C24H22N4O4S. The Hall–Kier alpha value is -3.98. The summed E-state index contributed by atoms with van der Waals surface area (Å²) in [5.74, 6) is 0.142. The van der Waals surface area contributed by atoms with Crippen LogP contribution in [-0.2, 0) is 10.5 Å². The molecule has 0 spiro atoms. The Labute approximate surface area is 195 Å². The van der Waals surface area contributed by atoms with Crippen LogP contribution in [0.2, 0.25) is 0 Å². The van der Waals surface area contributed by atoms with Gasteiger partial charge in [-0.15, -0.1) is 11.8 Å². The summed E-state index contributed by atoms with van der Waals surface area (Å²) in [7, 11) is 0. The Morgan fingerprint density at radius 2 is 1.70 bits per heavy atom. The highest BCUT2D eigenvalue weighted by atomic mass is 32.2. The van der Waals surface area contributed by atoms with Gasteiger partial charge in [-0.2, -0.15) is 5.10 Å². The maximum absolute atomic E-state index is 12.3. The first-order chi connectivity index (χ1) is 15.9. The van der Waals surface area contributed by atoms with Crippen LogP contribution in [0, 0.1) is 10.1 Å². The van der Waals surface area contributed by atoms with E-state index in [0.717, 1.165) is 11.1 Å². The first kappa shape index (κ1) is 23.7. The van der Waals surface area contributed by atoms with Crippen LogP contribution in [0.5, 0.6) is 0 Å². The standard InChI is InChI=1S/C24H22N4O4S/c1-17(20-10-6-11-21(14-20)25-24(30)19-8-3-2-4-9-19)26-27-23(29)16-33-15-18-7-5-12-22(13-18)28(31)32/h2-14H,15-16H2,1H3,(H,25,30)(H,27,29)/b26-17-. The molecule has 0 saturated carbocycles. The van der Waals surface area contributed by atoms with Gasteiger partial charge in [0.25, 0.3) is 11.6 Å². The molecule has 8 nitrogen and oxygen atoms in total. The van der Waals surface area contributed by atoms with Crippen molar-refractivity contribution in [2.75, 3.05) is 11.1 Å².